The molecular weight excluding hydrogens is 220 g/mol. The monoisotopic (exact) mass is 238 g/mol. The van der Waals surface area contributed by atoms with Crippen molar-refractivity contribution in [1.29, 1.82) is 0 Å². The van der Waals surface area contributed by atoms with Gasteiger partial charge in [0.05, 0.1) is 6.61 Å². The molecule has 0 saturated carbocycles. The number of rotatable bonds is 6. The normalized spacial score (nSPS) is 11.3. The quantitative estimate of drug-likeness (QED) is 0.383. The minimum Gasteiger partial charge on any atom is -0.478 e. The maximum atomic E-state index is 8.63. The van der Waals surface area contributed by atoms with Gasteiger partial charge in [-0.1, -0.05) is 6.07 Å². The van der Waals surface area contributed by atoms with Gasteiger partial charge in [-0.25, -0.2) is 0 Å². The van der Waals surface area contributed by atoms with E-state index in [1.807, 2.05) is 13.0 Å². The van der Waals surface area contributed by atoms with E-state index in [1.54, 1.807) is 12.1 Å². The highest BCUT2D eigenvalue weighted by atomic mass is 16.5. The summed E-state index contributed by atoms with van der Waals surface area (Å²) >= 11 is 0. The molecule has 1 aromatic rings. The van der Waals surface area contributed by atoms with Gasteiger partial charge in [0, 0.05) is 25.6 Å². The average Bonchev–Trinajstić information content (AvgIpc) is 2.30. The standard InChI is InChI=1S/C11H18N4O2/c1-2-13-11(12)15-9-5-3-6-10(14-9)17-8-4-7-16/h3,5-6,16H,2,4,7-8H2,1H3,(H3,12,13,14,15). The predicted octanol–water partition coefficient (Wildman–Crippen LogP) is 0.589. The Balaban J connectivity index is 2.56. The number of anilines is 1. The van der Waals surface area contributed by atoms with Gasteiger partial charge in [0.1, 0.15) is 5.82 Å². The number of guanidine groups is 1. The predicted molar refractivity (Wildman–Crippen MR) is 67.2 cm³/mol. The zero-order valence-corrected chi connectivity index (χ0v) is 9.89. The Hall–Kier alpha value is -1.82. The van der Waals surface area contributed by atoms with Crippen molar-refractivity contribution in [2.24, 2.45) is 10.7 Å². The summed E-state index contributed by atoms with van der Waals surface area (Å²) in [5, 5.41) is 11.5. The van der Waals surface area contributed by atoms with Gasteiger partial charge in [-0.05, 0) is 13.0 Å². The summed E-state index contributed by atoms with van der Waals surface area (Å²) in [6.07, 6.45) is 0.582. The Morgan fingerprint density at radius 1 is 1.59 bits per heavy atom. The van der Waals surface area contributed by atoms with Crippen molar-refractivity contribution in [3.63, 3.8) is 0 Å². The molecule has 0 fully saturated rings. The molecule has 0 saturated heterocycles. The molecule has 0 aromatic carbocycles. The van der Waals surface area contributed by atoms with Crippen molar-refractivity contribution in [3.05, 3.63) is 18.2 Å². The molecule has 0 amide bonds. The zero-order valence-electron chi connectivity index (χ0n) is 9.89. The van der Waals surface area contributed by atoms with Gasteiger partial charge in [0.2, 0.25) is 5.88 Å². The molecule has 0 spiro atoms. The van der Waals surface area contributed by atoms with Gasteiger partial charge in [-0.15, -0.1) is 0 Å². The van der Waals surface area contributed by atoms with Gasteiger partial charge < -0.3 is 20.9 Å². The van der Waals surface area contributed by atoms with Crippen LogP contribution in [0.4, 0.5) is 5.82 Å². The first-order chi connectivity index (χ1) is 8.26. The molecule has 6 heteroatoms. The van der Waals surface area contributed by atoms with E-state index < -0.39 is 0 Å². The molecule has 0 aliphatic carbocycles. The number of ether oxygens (including phenoxy) is 1. The lowest BCUT2D eigenvalue weighted by Crippen LogP contribution is -2.23. The third kappa shape index (κ3) is 5.17. The van der Waals surface area contributed by atoms with E-state index in [-0.39, 0.29) is 6.61 Å². The largest absolute Gasteiger partial charge is 0.478 e. The van der Waals surface area contributed by atoms with Gasteiger partial charge in [0.15, 0.2) is 5.96 Å². The Bertz CT molecular complexity index is 368. The molecule has 0 radical (unpaired) electrons. The van der Waals surface area contributed by atoms with Gasteiger partial charge in [-0.2, -0.15) is 4.98 Å². The van der Waals surface area contributed by atoms with Crippen LogP contribution in [0.5, 0.6) is 5.88 Å². The van der Waals surface area contributed by atoms with E-state index in [9.17, 15) is 0 Å². The van der Waals surface area contributed by atoms with E-state index >= 15 is 0 Å². The van der Waals surface area contributed by atoms with E-state index in [1.165, 1.54) is 0 Å². The molecule has 4 N–H and O–H groups in total. The first-order valence-corrected chi connectivity index (χ1v) is 5.54. The first-order valence-electron chi connectivity index (χ1n) is 5.54. The summed E-state index contributed by atoms with van der Waals surface area (Å²) in [6.45, 7) is 3.06. The number of hydrogen-bond acceptors (Lipinski definition) is 4. The molecule has 0 bridgehead atoms. The lowest BCUT2D eigenvalue weighted by Gasteiger charge is -2.07. The minimum atomic E-state index is 0.105. The van der Waals surface area contributed by atoms with Crippen molar-refractivity contribution < 1.29 is 9.84 Å². The second-order valence-corrected chi connectivity index (χ2v) is 3.27. The zero-order chi connectivity index (χ0) is 12.5. The first kappa shape index (κ1) is 13.2. The fourth-order valence-corrected chi connectivity index (χ4v) is 1.15. The molecule has 0 aliphatic rings. The number of nitrogens with two attached hydrogens (primary N) is 1. The number of pyridine rings is 1. The molecule has 0 atom stereocenters. The molecule has 1 rings (SSSR count). The van der Waals surface area contributed by atoms with E-state index in [2.05, 4.69) is 15.3 Å². The van der Waals surface area contributed by atoms with Crippen LogP contribution < -0.4 is 15.8 Å². The fourth-order valence-electron chi connectivity index (χ4n) is 1.15. The SMILES string of the molecule is CCN=C(N)Nc1cccc(OCCCO)n1. The van der Waals surface area contributed by atoms with Crippen LogP contribution in [0.25, 0.3) is 0 Å². The average molecular weight is 238 g/mol. The summed E-state index contributed by atoms with van der Waals surface area (Å²) in [7, 11) is 0. The van der Waals surface area contributed by atoms with Crippen molar-refractivity contribution in [2.75, 3.05) is 25.1 Å². The number of aliphatic hydroxyl groups excluding tert-OH is 1. The smallest absolute Gasteiger partial charge is 0.215 e. The number of nitrogens with one attached hydrogen (secondary N) is 1. The van der Waals surface area contributed by atoms with E-state index in [0.29, 0.717) is 37.2 Å². The Morgan fingerprint density at radius 2 is 2.41 bits per heavy atom. The van der Waals surface area contributed by atoms with Gasteiger partial charge in [-0.3, -0.25) is 4.99 Å². The lowest BCUT2D eigenvalue weighted by molar-refractivity contribution is 0.229. The highest BCUT2D eigenvalue weighted by molar-refractivity contribution is 5.91. The van der Waals surface area contributed by atoms with Crippen molar-refractivity contribution in [3.8, 4) is 5.88 Å². The summed E-state index contributed by atoms with van der Waals surface area (Å²) in [6, 6.07) is 5.33. The molecule has 0 aliphatic heterocycles. The maximum Gasteiger partial charge on any atom is 0.215 e. The number of aliphatic imine (C=N–C) groups is 1. The molecule has 17 heavy (non-hydrogen) atoms. The summed E-state index contributed by atoms with van der Waals surface area (Å²) < 4.78 is 5.34. The summed E-state index contributed by atoms with van der Waals surface area (Å²) in [4.78, 5) is 8.19. The van der Waals surface area contributed by atoms with Crippen LogP contribution in [0.1, 0.15) is 13.3 Å². The highest BCUT2D eigenvalue weighted by Gasteiger charge is 1.99. The second-order valence-electron chi connectivity index (χ2n) is 3.27. The van der Waals surface area contributed by atoms with Crippen LogP contribution in [-0.2, 0) is 0 Å². The highest BCUT2D eigenvalue weighted by Crippen LogP contribution is 2.11. The second kappa shape index (κ2) is 7.45. The van der Waals surface area contributed by atoms with Crippen molar-refractivity contribution in [2.45, 2.75) is 13.3 Å². The molecular formula is C11H18N4O2. The lowest BCUT2D eigenvalue weighted by atomic mass is 10.4. The van der Waals surface area contributed by atoms with Crippen LogP contribution >= 0.6 is 0 Å². The maximum absolute atomic E-state index is 8.63. The summed E-state index contributed by atoms with van der Waals surface area (Å²) in [5.74, 6) is 1.40. The van der Waals surface area contributed by atoms with Crippen LogP contribution in [-0.4, -0.2) is 35.8 Å². The molecule has 1 heterocycles. The Kier molecular flexibility index (Phi) is 5.81. The topological polar surface area (TPSA) is 92.8 Å². The van der Waals surface area contributed by atoms with Gasteiger partial charge >= 0.3 is 0 Å². The minimum absolute atomic E-state index is 0.105. The fraction of sp³-hybridized carbons (Fsp3) is 0.455. The van der Waals surface area contributed by atoms with Crippen LogP contribution in [0, 0.1) is 0 Å². The van der Waals surface area contributed by atoms with Crippen LogP contribution in [0.15, 0.2) is 23.2 Å². The Morgan fingerprint density at radius 3 is 3.12 bits per heavy atom. The third-order valence-corrected chi connectivity index (χ3v) is 1.86. The molecule has 6 nitrogen and oxygen atoms in total. The van der Waals surface area contributed by atoms with Gasteiger partial charge in [0.25, 0.3) is 0 Å². The Labute approximate surface area is 101 Å². The van der Waals surface area contributed by atoms with E-state index in [0.717, 1.165) is 0 Å². The van der Waals surface area contributed by atoms with Crippen molar-refractivity contribution >= 4 is 11.8 Å². The van der Waals surface area contributed by atoms with Crippen molar-refractivity contribution in [1.82, 2.24) is 4.98 Å². The number of hydrogen-bond donors (Lipinski definition) is 3. The number of aliphatic hydroxyl groups is 1. The van der Waals surface area contributed by atoms with Crippen LogP contribution in [0.3, 0.4) is 0 Å². The number of nitrogens with zero attached hydrogens (tertiary/aromatic N) is 2. The summed E-state index contributed by atoms with van der Waals surface area (Å²) in [5.41, 5.74) is 5.61. The van der Waals surface area contributed by atoms with E-state index in [4.69, 9.17) is 15.6 Å². The number of aromatic nitrogens is 1. The van der Waals surface area contributed by atoms with Crippen LogP contribution in [0.2, 0.25) is 0 Å². The third-order valence-electron chi connectivity index (χ3n) is 1.86. The molecule has 0 unspecified atom stereocenters. The molecule has 94 valence electrons. The molecule has 1 aromatic heterocycles.